The Balaban J connectivity index is 2.17. The van der Waals surface area contributed by atoms with Crippen LogP contribution in [0.2, 0.25) is 0 Å². The molecule has 0 aliphatic rings. The fourth-order valence-corrected chi connectivity index (χ4v) is 2.68. The number of para-hydroxylation sites is 1. The zero-order chi connectivity index (χ0) is 14.8. The lowest BCUT2D eigenvalue weighted by Crippen LogP contribution is -2.22. The monoisotopic (exact) mass is 294 g/mol. The minimum atomic E-state index is -0.0357. The highest BCUT2D eigenvalue weighted by atomic mass is 32.1. The van der Waals surface area contributed by atoms with Gasteiger partial charge in [-0.05, 0) is 23.1 Å². The van der Waals surface area contributed by atoms with Gasteiger partial charge in [-0.15, -0.1) is 0 Å². The largest absolute Gasteiger partial charge is 0.389 e. The van der Waals surface area contributed by atoms with Crippen molar-refractivity contribution in [3.8, 4) is 0 Å². The summed E-state index contributed by atoms with van der Waals surface area (Å²) in [6, 6.07) is 18.9. The van der Waals surface area contributed by atoms with Gasteiger partial charge < -0.3 is 10.3 Å². The molecule has 0 amide bonds. The number of thiocarbonyl (C=S) groups is 1. The van der Waals surface area contributed by atoms with Crippen molar-refractivity contribution >= 4 is 28.1 Å². The maximum atomic E-state index is 12.2. The molecule has 3 aromatic rings. The number of pyridine rings is 1. The van der Waals surface area contributed by atoms with Crippen LogP contribution in [0.5, 0.6) is 0 Å². The van der Waals surface area contributed by atoms with Crippen molar-refractivity contribution in [1.82, 2.24) is 4.57 Å². The third-order valence-corrected chi connectivity index (χ3v) is 3.73. The smallest absolute Gasteiger partial charge is 0.251 e. The summed E-state index contributed by atoms with van der Waals surface area (Å²) in [4.78, 5) is 12.6. The molecule has 21 heavy (non-hydrogen) atoms. The van der Waals surface area contributed by atoms with Crippen LogP contribution < -0.4 is 11.3 Å². The molecule has 2 N–H and O–H groups in total. The highest BCUT2D eigenvalue weighted by Crippen LogP contribution is 2.15. The molecule has 0 bridgehead atoms. The average molecular weight is 294 g/mol. The van der Waals surface area contributed by atoms with Crippen molar-refractivity contribution in [3.63, 3.8) is 0 Å². The first kappa shape index (κ1) is 13.5. The molecule has 3 rings (SSSR count). The van der Waals surface area contributed by atoms with E-state index < -0.39 is 0 Å². The van der Waals surface area contributed by atoms with Gasteiger partial charge in [0.15, 0.2) is 0 Å². The SMILES string of the molecule is NC(=S)c1ccccc1Cn1c(=O)ccc2ccccc21. The molecule has 1 aromatic heterocycles. The maximum absolute atomic E-state index is 12.2. The van der Waals surface area contributed by atoms with Crippen molar-refractivity contribution < 1.29 is 0 Å². The molecule has 0 unspecified atom stereocenters. The summed E-state index contributed by atoms with van der Waals surface area (Å²) in [5, 5.41) is 1.03. The van der Waals surface area contributed by atoms with Crippen molar-refractivity contribution in [2.45, 2.75) is 6.54 Å². The summed E-state index contributed by atoms with van der Waals surface area (Å²) in [6.45, 7) is 0.452. The van der Waals surface area contributed by atoms with Crippen LogP contribution >= 0.6 is 12.2 Å². The molecule has 0 saturated heterocycles. The van der Waals surface area contributed by atoms with Gasteiger partial charge in [-0.2, -0.15) is 0 Å². The van der Waals surface area contributed by atoms with E-state index in [1.165, 1.54) is 0 Å². The molecule has 0 aliphatic heterocycles. The van der Waals surface area contributed by atoms with E-state index in [9.17, 15) is 4.79 Å². The molecular weight excluding hydrogens is 280 g/mol. The molecular formula is C17H14N2OS. The lowest BCUT2D eigenvalue weighted by atomic mass is 10.1. The van der Waals surface area contributed by atoms with Gasteiger partial charge in [-0.3, -0.25) is 4.79 Å². The van der Waals surface area contributed by atoms with Gasteiger partial charge in [0.2, 0.25) is 0 Å². The van der Waals surface area contributed by atoms with Crippen LogP contribution in [0.25, 0.3) is 10.9 Å². The Morgan fingerprint density at radius 2 is 1.71 bits per heavy atom. The van der Waals surface area contributed by atoms with E-state index in [4.69, 9.17) is 18.0 Å². The molecule has 1 heterocycles. The molecule has 2 aromatic carbocycles. The number of benzene rings is 2. The van der Waals surface area contributed by atoms with E-state index in [2.05, 4.69) is 0 Å². The van der Waals surface area contributed by atoms with Gasteiger partial charge in [0.05, 0.1) is 12.1 Å². The Morgan fingerprint density at radius 3 is 2.52 bits per heavy atom. The summed E-state index contributed by atoms with van der Waals surface area (Å²) in [6.07, 6.45) is 0. The molecule has 0 atom stereocenters. The molecule has 0 saturated carbocycles. The summed E-state index contributed by atoms with van der Waals surface area (Å²) in [5.74, 6) is 0. The van der Waals surface area contributed by atoms with Gasteiger partial charge in [0.25, 0.3) is 5.56 Å². The summed E-state index contributed by atoms with van der Waals surface area (Å²) >= 11 is 5.08. The van der Waals surface area contributed by atoms with Crippen LogP contribution in [0.1, 0.15) is 11.1 Å². The minimum absolute atomic E-state index is 0.0357. The van der Waals surface area contributed by atoms with Crippen molar-refractivity contribution in [3.05, 3.63) is 82.1 Å². The van der Waals surface area contributed by atoms with Gasteiger partial charge >= 0.3 is 0 Å². The van der Waals surface area contributed by atoms with Crippen LogP contribution in [0.3, 0.4) is 0 Å². The average Bonchev–Trinajstić information content (AvgIpc) is 2.50. The van der Waals surface area contributed by atoms with Crippen LogP contribution in [0, 0.1) is 0 Å². The number of hydrogen-bond donors (Lipinski definition) is 1. The summed E-state index contributed by atoms with van der Waals surface area (Å²) in [7, 11) is 0. The Bertz CT molecular complexity index is 883. The van der Waals surface area contributed by atoms with E-state index in [1.54, 1.807) is 10.6 Å². The normalized spacial score (nSPS) is 10.7. The highest BCUT2D eigenvalue weighted by Gasteiger charge is 2.08. The molecule has 104 valence electrons. The minimum Gasteiger partial charge on any atom is -0.389 e. The first-order chi connectivity index (χ1) is 10.2. The first-order valence-corrected chi connectivity index (χ1v) is 7.04. The third-order valence-electron chi connectivity index (χ3n) is 3.51. The Hall–Kier alpha value is -2.46. The second-order valence-corrected chi connectivity index (χ2v) is 5.28. The van der Waals surface area contributed by atoms with Crippen LogP contribution in [0.15, 0.2) is 65.5 Å². The number of fused-ring (bicyclic) bond motifs is 1. The van der Waals surface area contributed by atoms with Crippen molar-refractivity contribution in [2.24, 2.45) is 5.73 Å². The fourth-order valence-electron chi connectivity index (χ4n) is 2.48. The number of hydrogen-bond acceptors (Lipinski definition) is 2. The van der Waals surface area contributed by atoms with E-state index >= 15 is 0 Å². The summed E-state index contributed by atoms with van der Waals surface area (Å²) < 4.78 is 1.74. The number of rotatable bonds is 3. The van der Waals surface area contributed by atoms with Gasteiger partial charge in [0, 0.05) is 11.6 Å². The highest BCUT2D eigenvalue weighted by molar-refractivity contribution is 7.80. The lowest BCUT2D eigenvalue weighted by molar-refractivity contribution is 0.793. The number of nitrogens with two attached hydrogens (primary N) is 1. The van der Waals surface area contributed by atoms with E-state index in [1.807, 2.05) is 54.6 Å². The predicted octanol–water partition coefficient (Wildman–Crippen LogP) is 2.68. The van der Waals surface area contributed by atoms with Crippen molar-refractivity contribution in [2.75, 3.05) is 0 Å². The lowest BCUT2D eigenvalue weighted by Gasteiger charge is -2.13. The van der Waals surface area contributed by atoms with Crippen LogP contribution in [-0.2, 0) is 6.54 Å². The second-order valence-electron chi connectivity index (χ2n) is 4.84. The molecule has 4 heteroatoms. The van der Waals surface area contributed by atoms with Crippen LogP contribution in [-0.4, -0.2) is 9.56 Å². The predicted molar refractivity (Wildman–Crippen MR) is 89.6 cm³/mol. The standard InChI is InChI=1S/C17H14N2OS/c18-17(21)14-7-3-1-6-13(14)11-19-15-8-4-2-5-12(15)9-10-16(19)20/h1-10H,11H2,(H2,18,21). The third kappa shape index (κ3) is 2.58. The van der Waals surface area contributed by atoms with Crippen molar-refractivity contribution in [1.29, 1.82) is 0 Å². The Morgan fingerprint density at radius 1 is 1.00 bits per heavy atom. The Labute approximate surface area is 127 Å². The van der Waals surface area contributed by atoms with Gasteiger partial charge in [0.1, 0.15) is 4.99 Å². The van der Waals surface area contributed by atoms with E-state index in [0.29, 0.717) is 11.5 Å². The van der Waals surface area contributed by atoms with Gasteiger partial charge in [-0.25, -0.2) is 0 Å². The van der Waals surface area contributed by atoms with E-state index in [-0.39, 0.29) is 5.56 Å². The van der Waals surface area contributed by atoms with Crippen LogP contribution in [0.4, 0.5) is 0 Å². The van der Waals surface area contributed by atoms with Gasteiger partial charge in [-0.1, -0.05) is 54.7 Å². The maximum Gasteiger partial charge on any atom is 0.251 e. The number of aromatic nitrogens is 1. The van der Waals surface area contributed by atoms with E-state index in [0.717, 1.165) is 22.0 Å². The first-order valence-electron chi connectivity index (χ1n) is 6.63. The molecule has 3 nitrogen and oxygen atoms in total. The molecule has 0 radical (unpaired) electrons. The quantitative estimate of drug-likeness (QED) is 0.756. The zero-order valence-electron chi connectivity index (χ0n) is 11.3. The number of nitrogens with zero attached hydrogens (tertiary/aromatic N) is 1. The second kappa shape index (κ2) is 5.50. The molecule has 0 fully saturated rings. The zero-order valence-corrected chi connectivity index (χ0v) is 12.1. The Kier molecular flexibility index (Phi) is 3.54. The molecule has 0 aliphatic carbocycles. The molecule has 0 spiro atoms. The fraction of sp³-hybridized carbons (Fsp3) is 0.0588. The topological polar surface area (TPSA) is 48.0 Å². The summed E-state index contributed by atoms with van der Waals surface area (Å²) in [5.41, 5.74) is 8.39.